The Morgan fingerprint density at radius 2 is 1.73 bits per heavy atom. The minimum atomic E-state index is -4.03. The zero-order chi connectivity index (χ0) is 15.9. The lowest BCUT2D eigenvalue weighted by atomic mass is 10.2. The van der Waals surface area contributed by atoms with Crippen molar-refractivity contribution in [1.29, 1.82) is 0 Å². The van der Waals surface area contributed by atoms with Crippen molar-refractivity contribution in [2.45, 2.75) is 9.79 Å². The predicted molar refractivity (Wildman–Crippen MR) is 82.3 cm³/mol. The van der Waals surface area contributed by atoms with Crippen LogP contribution in [0.5, 0.6) is 0 Å². The first-order valence-corrected chi connectivity index (χ1v) is 8.12. The van der Waals surface area contributed by atoms with E-state index in [0.29, 0.717) is 4.73 Å². The third-order valence-electron chi connectivity index (χ3n) is 3.26. The molecule has 3 rings (SSSR count). The van der Waals surface area contributed by atoms with Gasteiger partial charge >= 0.3 is 0 Å². The van der Waals surface area contributed by atoms with Crippen molar-refractivity contribution in [3.63, 3.8) is 0 Å². The lowest BCUT2D eigenvalue weighted by Gasteiger charge is -2.09. The van der Waals surface area contributed by atoms with E-state index in [1.54, 1.807) is 18.2 Å². The Balaban J connectivity index is 2.38. The van der Waals surface area contributed by atoms with Crippen LogP contribution in [0.25, 0.3) is 10.9 Å². The van der Waals surface area contributed by atoms with Gasteiger partial charge in [-0.1, -0.05) is 29.8 Å². The Hall–Kier alpha value is -2.31. The number of fused-ring (bicyclic) bond motifs is 1. The Kier molecular flexibility index (Phi) is 3.42. The van der Waals surface area contributed by atoms with E-state index in [-0.39, 0.29) is 20.8 Å². The number of hydrogen-bond acceptors (Lipinski definition) is 4. The van der Waals surface area contributed by atoms with Crippen LogP contribution < -0.4 is 5.43 Å². The summed E-state index contributed by atoms with van der Waals surface area (Å²) in [5, 5.41) is 10.3. The third-order valence-corrected chi connectivity index (χ3v) is 5.25. The van der Waals surface area contributed by atoms with Gasteiger partial charge in [0.2, 0.25) is 15.3 Å². The van der Waals surface area contributed by atoms with Crippen LogP contribution in [0.15, 0.2) is 69.3 Å². The van der Waals surface area contributed by atoms with Crippen molar-refractivity contribution in [2.24, 2.45) is 0 Å². The van der Waals surface area contributed by atoms with E-state index in [9.17, 15) is 18.4 Å². The molecule has 0 unspecified atom stereocenters. The van der Waals surface area contributed by atoms with Crippen molar-refractivity contribution in [3.8, 4) is 0 Å². The Bertz CT molecular complexity index is 1030. The zero-order valence-corrected chi connectivity index (χ0v) is 12.7. The topological polar surface area (TPSA) is 76.4 Å². The molecule has 0 aliphatic heterocycles. The van der Waals surface area contributed by atoms with Gasteiger partial charge in [0, 0.05) is 5.02 Å². The highest BCUT2D eigenvalue weighted by molar-refractivity contribution is 7.91. The summed E-state index contributed by atoms with van der Waals surface area (Å²) < 4.78 is 25.8. The molecule has 3 aromatic rings. The minimum absolute atomic E-state index is 0.0199. The van der Waals surface area contributed by atoms with Gasteiger partial charge < -0.3 is 5.21 Å². The van der Waals surface area contributed by atoms with Crippen LogP contribution >= 0.6 is 11.6 Å². The first-order chi connectivity index (χ1) is 10.4. The van der Waals surface area contributed by atoms with E-state index in [2.05, 4.69) is 0 Å². The van der Waals surface area contributed by atoms with Gasteiger partial charge in [0.1, 0.15) is 4.90 Å². The number of hydrogen-bond donors (Lipinski definition) is 1. The molecule has 0 saturated carbocycles. The van der Waals surface area contributed by atoms with Crippen LogP contribution in [0.2, 0.25) is 5.02 Å². The largest absolute Gasteiger partial charge is 0.428 e. The number of benzene rings is 2. The van der Waals surface area contributed by atoms with Gasteiger partial charge in [0.15, 0.2) is 0 Å². The molecule has 7 heteroatoms. The van der Waals surface area contributed by atoms with Crippen LogP contribution in [-0.4, -0.2) is 18.4 Å². The van der Waals surface area contributed by atoms with Crippen molar-refractivity contribution in [1.82, 2.24) is 4.73 Å². The quantitative estimate of drug-likeness (QED) is 0.730. The molecule has 0 radical (unpaired) electrons. The van der Waals surface area contributed by atoms with Crippen LogP contribution in [-0.2, 0) is 9.84 Å². The summed E-state index contributed by atoms with van der Waals surface area (Å²) in [7, 11) is -4.03. The van der Waals surface area contributed by atoms with Crippen molar-refractivity contribution < 1.29 is 13.6 Å². The second-order valence-corrected chi connectivity index (χ2v) is 7.00. The molecule has 0 amide bonds. The molecular formula is C15H10ClNO4S. The van der Waals surface area contributed by atoms with Gasteiger partial charge in [-0.25, -0.2) is 8.42 Å². The fourth-order valence-corrected chi connectivity index (χ4v) is 3.71. The van der Waals surface area contributed by atoms with Crippen LogP contribution in [0.3, 0.4) is 0 Å². The zero-order valence-electron chi connectivity index (χ0n) is 11.1. The molecular weight excluding hydrogens is 326 g/mol. The van der Waals surface area contributed by atoms with E-state index < -0.39 is 20.2 Å². The maximum atomic E-state index is 12.6. The second kappa shape index (κ2) is 5.15. The smallest absolute Gasteiger partial charge is 0.212 e. The molecule has 1 heterocycles. The average molecular weight is 336 g/mol. The predicted octanol–water partition coefficient (Wildman–Crippen LogP) is 2.73. The molecule has 0 aliphatic rings. The second-order valence-electron chi connectivity index (χ2n) is 4.65. The molecule has 0 atom stereocenters. The Morgan fingerprint density at radius 3 is 2.41 bits per heavy atom. The molecule has 2 aromatic carbocycles. The molecule has 112 valence electrons. The summed E-state index contributed by atoms with van der Waals surface area (Å²) >= 11 is 5.85. The summed E-state index contributed by atoms with van der Waals surface area (Å²) in [5.41, 5.74) is -0.520. The average Bonchev–Trinajstić information content (AvgIpc) is 2.51. The van der Waals surface area contributed by atoms with Crippen molar-refractivity contribution in [3.05, 3.63) is 70.0 Å². The highest BCUT2D eigenvalue weighted by atomic mass is 35.5. The monoisotopic (exact) mass is 335 g/mol. The molecule has 0 spiro atoms. The van der Waals surface area contributed by atoms with Gasteiger partial charge in [0.05, 0.1) is 22.0 Å². The first-order valence-electron chi connectivity index (χ1n) is 6.25. The van der Waals surface area contributed by atoms with E-state index in [1.165, 1.54) is 30.3 Å². The Labute approximate surface area is 130 Å². The standard InChI is InChI=1S/C15H10ClNO4S/c16-10-6-7-13-12(8-10)15(18)14(9-17(13)19)22(20,21)11-4-2-1-3-5-11/h1-9,19H. The normalized spacial score (nSPS) is 11.7. The van der Waals surface area contributed by atoms with Gasteiger partial charge in [0.25, 0.3) is 0 Å². The summed E-state index contributed by atoms with van der Waals surface area (Å²) in [6.45, 7) is 0. The highest BCUT2D eigenvalue weighted by Crippen LogP contribution is 2.22. The van der Waals surface area contributed by atoms with E-state index in [0.717, 1.165) is 6.20 Å². The number of halogens is 1. The summed E-state index contributed by atoms with van der Waals surface area (Å²) in [5.74, 6) is 0. The van der Waals surface area contributed by atoms with Gasteiger partial charge in [-0.05, 0) is 30.3 Å². The number of sulfone groups is 1. The van der Waals surface area contributed by atoms with Crippen LogP contribution in [0.1, 0.15) is 0 Å². The fourth-order valence-electron chi connectivity index (χ4n) is 2.18. The minimum Gasteiger partial charge on any atom is -0.428 e. The van der Waals surface area contributed by atoms with Crippen molar-refractivity contribution in [2.75, 3.05) is 0 Å². The Morgan fingerprint density at radius 1 is 1.05 bits per heavy atom. The molecule has 0 fully saturated rings. The summed E-state index contributed by atoms with van der Waals surface area (Å²) in [6.07, 6.45) is 0.904. The maximum Gasteiger partial charge on any atom is 0.212 e. The van der Waals surface area contributed by atoms with Crippen LogP contribution in [0, 0.1) is 0 Å². The van der Waals surface area contributed by atoms with Gasteiger partial charge in [-0.15, -0.1) is 0 Å². The van der Waals surface area contributed by atoms with E-state index >= 15 is 0 Å². The maximum absolute atomic E-state index is 12.6. The lowest BCUT2D eigenvalue weighted by Crippen LogP contribution is -2.18. The molecule has 0 aliphatic carbocycles. The molecule has 1 N–H and O–H groups in total. The van der Waals surface area contributed by atoms with Crippen molar-refractivity contribution >= 4 is 32.3 Å². The van der Waals surface area contributed by atoms with Gasteiger partial charge in [-0.3, -0.25) is 4.79 Å². The highest BCUT2D eigenvalue weighted by Gasteiger charge is 2.23. The summed E-state index contributed by atoms with van der Waals surface area (Å²) in [4.78, 5) is 12.0. The number of pyridine rings is 1. The molecule has 5 nitrogen and oxygen atoms in total. The number of rotatable bonds is 2. The molecule has 1 aromatic heterocycles. The number of nitrogens with zero attached hydrogens (tertiary/aromatic N) is 1. The van der Waals surface area contributed by atoms with Gasteiger partial charge in [-0.2, -0.15) is 4.73 Å². The third kappa shape index (κ3) is 2.26. The fraction of sp³-hybridized carbons (Fsp3) is 0. The van der Waals surface area contributed by atoms with Crippen LogP contribution in [0.4, 0.5) is 0 Å². The van der Waals surface area contributed by atoms with E-state index in [1.807, 2.05) is 0 Å². The number of aromatic nitrogens is 1. The first kappa shape index (κ1) is 14.6. The molecule has 0 bridgehead atoms. The SMILES string of the molecule is O=c1c(S(=O)(=O)c2ccccc2)cn(O)c2ccc(Cl)cc12. The van der Waals surface area contributed by atoms with E-state index in [4.69, 9.17) is 11.6 Å². The molecule has 22 heavy (non-hydrogen) atoms. The summed E-state index contributed by atoms with van der Waals surface area (Å²) in [6, 6.07) is 11.8. The lowest BCUT2D eigenvalue weighted by molar-refractivity contribution is 0.195. The molecule has 0 saturated heterocycles.